The van der Waals surface area contributed by atoms with Gasteiger partial charge in [-0.05, 0) is 55.3 Å². The third-order valence-electron chi connectivity index (χ3n) is 3.80. The molecule has 0 aliphatic heterocycles. The van der Waals surface area contributed by atoms with Crippen LogP contribution < -0.4 is 9.62 Å². The van der Waals surface area contributed by atoms with Crippen LogP contribution in [-0.2, 0) is 21.2 Å². The summed E-state index contributed by atoms with van der Waals surface area (Å²) in [7, 11) is -3.64. The fraction of sp³-hybridized carbons (Fsp3) is 0.278. The Hall–Kier alpha value is -1.76. The molecular formula is C18H20Cl2N2O3S. The predicted octanol–water partition coefficient (Wildman–Crippen LogP) is 3.51. The predicted molar refractivity (Wildman–Crippen MR) is 106 cm³/mol. The molecule has 5 nitrogen and oxygen atoms in total. The van der Waals surface area contributed by atoms with Crippen LogP contribution in [0.25, 0.3) is 0 Å². The molecule has 0 aliphatic carbocycles. The lowest BCUT2D eigenvalue weighted by molar-refractivity contribution is -0.121. The lowest BCUT2D eigenvalue weighted by atomic mass is 10.1. The van der Waals surface area contributed by atoms with Gasteiger partial charge in [-0.3, -0.25) is 9.10 Å². The van der Waals surface area contributed by atoms with Gasteiger partial charge in [-0.25, -0.2) is 8.42 Å². The van der Waals surface area contributed by atoms with Crippen LogP contribution in [0.15, 0.2) is 48.5 Å². The molecule has 0 saturated carbocycles. The molecule has 0 aromatic heterocycles. The van der Waals surface area contributed by atoms with Crippen LogP contribution in [0, 0.1) is 0 Å². The minimum Gasteiger partial charge on any atom is -0.354 e. The Labute approximate surface area is 164 Å². The van der Waals surface area contributed by atoms with Gasteiger partial charge < -0.3 is 5.32 Å². The summed E-state index contributed by atoms with van der Waals surface area (Å²) in [5.74, 6) is -0.376. The molecule has 0 unspecified atom stereocenters. The van der Waals surface area contributed by atoms with Gasteiger partial charge in [-0.1, -0.05) is 35.3 Å². The van der Waals surface area contributed by atoms with Gasteiger partial charge in [-0.15, -0.1) is 0 Å². The topological polar surface area (TPSA) is 66.5 Å². The normalized spacial score (nSPS) is 12.5. The first-order valence-corrected chi connectivity index (χ1v) is 10.6. The molecule has 2 aromatic rings. The van der Waals surface area contributed by atoms with Gasteiger partial charge in [0.1, 0.15) is 6.04 Å². The first kappa shape index (κ1) is 20.6. The van der Waals surface area contributed by atoms with Crippen LogP contribution in [0.2, 0.25) is 10.0 Å². The van der Waals surface area contributed by atoms with Crippen molar-refractivity contribution >= 4 is 44.8 Å². The Kier molecular flexibility index (Phi) is 6.92. The first-order valence-electron chi connectivity index (χ1n) is 7.95. The van der Waals surface area contributed by atoms with Crippen LogP contribution in [0.3, 0.4) is 0 Å². The van der Waals surface area contributed by atoms with E-state index in [1.807, 2.05) is 12.1 Å². The second-order valence-corrected chi connectivity index (χ2v) is 8.61. The fourth-order valence-electron chi connectivity index (χ4n) is 2.53. The van der Waals surface area contributed by atoms with Gasteiger partial charge in [-0.2, -0.15) is 0 Å². The van der Waals surface area contributed by atoms with E-state index in [0.29, 0.717) is 28.7 Å². The lowest BCUT2D eigenvalue weighted by Gasteiger charge is -2.28. The van der Waals surface area contributed by atoms with E-state index in [1.165, 1.54) is 0 Å². The van der Waals surface area contributed by atoms with E-state index in [1.54, 1.807) is 43.3 Å². The van der Waals surface area contributed by atoms with Crippen molar-refractivity contribution < 1.29 is 13.2 Å². The molecule has 140 valence electrons. The molecule has 8 heteroatoms. The third kappa shape index (κ3) is 5.62. The molecule has 2 rings (SSSR count). The fourth-order valence-corrected chi connectivity index (χ4v) is 3.95. The van der Waals surface area contributed by atoms with Crippen LogP contribution >= 0.6 is 23.2 Å². The van der Waals surface area contributed by atoms with Crippen molar-refractivity contribution in [1.82, 2.24) is 5.32 Å². The summed E-state index contributed by atoms with van der Waals surface area (Å²) < 4.78 is 25.5. The summed E-state index contributed by atoms with van der Waals surface area (Å²) in [6, 6.07) is 12.8. The van der Waals surface area contributed by atoms with E-state index in [9.17, 15) is 13.2 Å². The zero-order valence-electron chi connectivity index (χ0n) is 14.4. The summed E-state index contributed by atoms with van der Waals surface area (Å²) in [4.78, 5) is 12.5. The number of amides is 1. The largest absolute Gasteiger partial charge is 0.354 e. The molecule has 0 aliphatic rings. The molecule has 1 amide bonds. The van der Waals surface area contributed by atoms with Crippen molar-refractivity contribution in [3.05, 3.63) is 64.1 Å². The highest BCUT2D eigenvalue weighted by atomic mass is 35.5. The Morgan fingerprint density at radius 1 is 1.04 bits per heavy atom. The van der Waals surface area contributed by atoms with Gasteiger partial charge in [0.15, 0.2) is 0 Å². The number of nitrogens with one attached hydrogen (secondary N) is 1. The highest BCUT2D eigenvalue weighted by Gasteiger charge is 2.28. The third-order valence-corrected chi connectivity index (χ3v) is 5.54. The zero-order chi connectivity index (χ0) is 19.3. The van der Waals surface area contributed by atoms with Gasteiger partial charge in [0.05, 0.1) is 11.9 Å². The van der Waals surface area contributed by atoms with Gasteiger partial charge in [0.2, 0.25) is 15.9 Å². The summed E-state index contributed by atoms with van der Waals surface area (Å²) in [5.41, 5.74) is 1.41. The van der Waals surface area contributed by atoms with Crippen molar-refractivity contribution in [2.75, 3.05) is 17.1 Å². The van der Waals surface area contributed by atoms with Crippen LogP contribution in [0.1, 0.15) is 12.5 Å². The SMILES string of the molecule is C[C@@H](C(=O)NCCc1ccc(Cl)cc1)N(c1ccc(Cl)cc1)S(C)(=O)=O. The van der Waals surface area contributed by atoms with Crippen molar-refractivity contribution in [2.24, 2.45) is 0 Å². The monoisotopic (exact) mass is 414 g/mol. The van der Waals surface area contributed by atoms with Crippen LogP contribution in [-0.4, -0.2) is 33.2 Å². The number of anilines is 1. The number of hydrogen-bond donors (Lipinski definition) is 1. The quantitative estimate of drug-likeness (QED) is 0.753. The lowest BCUT2D eigenvalue weighted by Crippen LogP contribution is -2.48. The van der Waals surface area contributed by atoms with Crippen LogP contribution in [0.4, 0.5) is 5.69 Å². The standard InChI is InChI=1S/C18H20Cl2N2O3S/c1-13(18(23)21-12-11-14-3-5-15(19)6-4-14)22(26(2,24)25)17-9-7-16(20)8-10-17/h3-10,13H,11-12H2,1-2H3,(H,21,23)/t13-/m0/s1. The van der Waals surface area contributed by atoms with Gasteiger partial charge in [0, 0.05) is 16.6 Å². The molecule has 0 bridgehead atoms. The summed E-state index contributed by atoms with van der Waals surface area (Å²) in [6.45, 7) is 1.94. The molecule has 0 fully saturated rings. The maximum Gasteiger partial charge on any atom is 0.243 e. The number of halogens is 2. The molecule has 26 heavy (non-hydrogen) atoms. The number of rotatable bonds is 7. The molecule has 0 spiro atoms. The first-order chi connectivity index (χ1) is 12.2. The number of hydrogen-bond acceptors (Lipinski definition) is 3. The summed E-state index contributed by atoms with van der Waals surface area (Å²) in [6.07, 6.45) is 1.69. The molecule has 0 heterocycles. The average Bonchev–Trinajstić information content (AvgIpc) is 2.57. The molecule has 0 saturated heterocycles. The molecule has 1 N–H and O–H groups in total. The summed E-state index contributed by atoms with van der Waals surface area (Å²) >= 11 is 11.7. The van der Waals surface area contributed by atoms with Gasteiger partial charge in [0.25, 0.3) is 0 Å². The van der Waals surface area contributed by atoms with E-state index in [0.717, 1.165) is 16.1 Å². The summed E-state index contributed by atoms with van der Waals surface area (Å²) in [5, 5.41) is 3.91. The smallest absolute Gasteiger partial charge is 0.243 e. The molecular weight excluding hydrogens is 395 g/mol. The van der Waals surface area contributed by atoms with Crippen molar-refractivity contribution in [3.8, 4) is 0 Å². The minimum atomic E-state index is -3.64. The number of carbonyl (C=O) groups excluding carboxylic acids is 1. The molecule has 2 aromatic carbocycles. The second kappa shape index (κ2) is 8.75. The minimum absolute atomic E-state index is 0.376. The Bertz CT molecular complexity index is 853. The van der Waals surface area contributed by atoms with E-state index in [4.69, 9.17) is 23.2 Å². The second-order valence-electron chi connectivity index (χ2n) is 5.88. The number of carbonyl (C=O) groups is 1. The Morgan fingerprint density at radius 2 is 1.54 bits per heavy atom. The highest BCUT2D eigenvalue weighted by molar-refractivity contribution is 7.92. The maximum absolute atomic E-state index is 12.5. The van der Waals surface area contributed by atoms with Crippen molar-refractivity contribution in [1.29, 1.82) is 0 Å². The zero-order valence-corrected chi connectivity index (χ0v) is 16.8. The van der Waals surface area contributed by atoms with Crippen molar-refractivity contribution in [3.63, 3.8) is 0 Å². The molecule has 0 radical (unpaired) electrons. The van der Waals surface area contributed by atoms with Crippen molar-refractivity contribution in [2.45, 2.75) is 19.4 Å². The average molecular weight is 415 g/mol. The highest BCUT2D eigenvalue weighted by Crippen LogP contribution is 2.23. The number of benzene rings is 2. The van der Waals surface area contributed by atoms with E-state index in [-0.39, 0.29) is 5.91 Å². The van der Waals surface area contributed by atoms with Gasteiger partial charge >= 0.3 is 0 Å². The molecule has 1 atom stereocenters. The number of sulfonamides is 1. The number of nitrogens with zero attached hydrogens (tertiary/aromatic N) is 1. The maximum atomic E-state index is 12.5. The van der Waals surface area contributed by atoms with E-state index < -0.39 is 16.1 Å². The Morgan fingerprint density at radius 3 is 2.04 bits per heavy atom. The van der Waals surface area contributed by atoms with Crippen LogP contribution in [0.5, 0.6) is 0 Å². The Balaban J connectivity index is 2.05. The van der Waals surface area contributed by atoms with E-state index >= 15 is 0 Å². The van der Waals surface area contributed by atoms with E-state index in [2.05, 4.69) is 5.32 Å².